The molecule has 6 heterocycles. The largest absolute Gasteiger partial charge is 0.369 e. The summed E-state index contributed by atoms with van der Waals surface area (Å²) in [5, 5.41) is 0. The van der Waals surface area contributed by atoms with Gasteiger partial charge in [-0.05, 0) is 31.0 Å². The van der Waals surface area contributed by atoms with Crippen LogP contribution in [0.15, 0.2) is 35.6 Å². The zero-order valence-electron chi connectivity index (χ0n) is 19.5. The maximum absolute atomic E-state index is 13.5. The number of rotatable bonds is 4. The van der Waals surface area contributed by atoms with Crippen LogP contribution in [-0.4, -0.2) is 75.6 Å². The summed E-state index contributed by atoms with van der Waals surface area (Å²) >= 11 is 0. The molecule has 35 heavy (non-hydrogen) atoms. The fourth-order valence-electron chi connectivity index (χ4n) is 5.26. The molecule has 6 rings (SSSR count). The van der Waals surface area contributed by atoms with Gasteiger partial charge in [-0.3, -0.25) is 29.6 Å². The summed E-state index contributed by atoms with van der Waals surface area (Å²) in [4.78, 5) is 49.0. The number of carbonyl (C=O) groups excluding carboxylic acids is 2. The maximum atomic E-state index is 13.5. The summed E-state index contributed by atoms with van der Waals surface area (Å²) in [6.45, 7) is 2.76. The molecule has 3 aliphatic heterocycles. The Kier molecular flexibility index (Phi) is 5.18. The monoisotopic (exact) mass is 470 g/mol. The molecular weight excluding hydrogens is 444 g/mol. The van der Waals surface area contributed by atoms with Gasteiger partial charge in [0.05, 0.1) is 42.2 Å². The van der Waals surface area contributed by atoms with Gasteiger partial charge in [0, 0.05) is 61.5 Å². The van der Waals surface area contributed by atoms with Gasteiger partial charge in [0.25, 0.3) is 0 Å². The molecule has 1 saturated heterocycles. The smallest absolute Gasteiger partial charge is 0.324 e. The highest BCUT2D eigenvalue weighted by Gasteiger charge is 2.37. The minimum absolute atomic E-state index is 0.00190. The van der Waals surface area contributed by atoms with Gasteiger partial charge in [-0.2, -0.15) is 0 Å². The molecule has 1 fully saturated rings. The molecule has 0 spiro atoms. The van der Waals surface area contributed by atoms with Crippen LogP contribution in [0.25, 0.3) is 22.3 Å². The number of nitrogens with zero attached hydrogens (tertiary/aromatic N) is 7. The molecule has 0 aromatic carbocycles. The average Bonchev–Trinajstić information content (AvgIpc) is 3.33. The zero-order valence-corrected chi connectivity index (χ0v) is 19.5. The minimum Gasteiger partial charge on any atom is -0.369 e. The number of amides is 3. The van der Waals surface area contributed by atoms with Crippen LogP contribution in [0, 0.1) is 0 Å². The van der Waals surface area contributed by atoms with E-state index < -0.39 is 0 Å². The Balaban J connectivity index is 1.41. The Morgan fingerprint density at radius 2 is 2.00 bits per heavy atom. The highest BCUT2D eigenvalue weighted by molar-refractivity contribution is 6.04. The number of hydrogen-bond acceptors (Lipinski definition) is 7. The van der Waals surface area contributed by atoms with Gasteiger partial charge >= 0.3 is 6.03 Å². The van der Waals surface area contributed by atoms with Gasteiger partial charge < -0.3 is 10.6 Å². The maximum Gasteiger partial charge on any atom is 0.324 e. The first-order valence-corrected chi connectivity index (χ1v) is 11.8. The highest BCUT2D eigenvalue weighted by Crippen LogP contribution is 2.37. The summed E-state index contributed by atoms with van der Waals surface area (Å²) in [6.07, 6.45) is 7.03. The van der Waals surface area contributed by atoms with E-state index in [0.29, 0.717) is 26.2 Å². The van der Waals surface area contributed by atoms with Crippen molar-refractivity contribution in [2.24, 2.45) is 10.7 Å². The third-order valence-electron chi connectivity index (χ3n) is 7.02. The van der Waals surface area contributed by atoms with Gasteiger partial charge in [-0.25, -0.2) is 9.78 Å². The number of carbonyl (C=O) groups is 2. The van der Waals surface area contributed by atoms with E-state index in [9.17, 15) is 9.59 Å². The Morgan fingerprint density at radius 1 is 1.17 bits per heavy atom. The summed E-state index contributed by atoms with van der Waals surface area (Å²) < 4.78 is 0. The van der Waals surface area contributed by atoms with E-state index in [-0.39, 0.29) is 24.5 Å². The van der Waals surface area contributed by atoms with E-state index in [2.05, 4.69) is 21.0 Å². The second-order valence-corrected chi connectivity index (χ2v) is 9.41. The van der Waals surface area contributed by atoms with Crippen molar-refractivity contribution in [1.82, 2.24) is 24.8 Å². The lowest BCUT2D eigenvalue weighted by atomic mass is 9.99. The molecule has 0 saturated carbocycles. The fraction of sp³-hybridized carbons (Fsp3) is 0.360. The lowest BCUT2D eigenvalue weighted by Gasteiger charge is -2.43. The third-order valence-corrected chi connectivity index (χ3v) is 7.02. The molecule has 2 N–H and O–H groups in total. The first kappa shape index (κ1) is 21.6. The number of anilines is 1. The number of pyridine rings is 3. The van der Waals surface area contributed by atoms with Crippen LogP contribution in [0.2, 0.25) is 0 Å². The SMILES string of the molecule is CN1Cc2cnc3ccc(-c4cnc5c(c4)C=NC5)nc3c2N(C2CCN(CC(N)=O)CC2)C1=O. The molecule has 0 atom stereocenters. The number of primary amides is 1. The van der Waals surface area contributed by atoms with Gasteiger partial charge in [0.1, 0.15) is 5.52 Å². The van der Waals surface area contributed by atoms with Crippen LogP contribution >= 0.6 is 0 Å². The van der Waals surface area contributed by atoms with Crippen LogP contribution in [-0.2, 0) is 17.9 Å². The Morgan fingerprint density at radius 3 is 2.80 bits per heavy atom. The Labute approximate surface area is 202 Å². The van der Waals surface area contributed by atoms with Gasteiger partial charge in [-0.1, -0.05) is 0 Å². The number of fused-ring (bicyclic) bond motifs is 4. The van der Waals surface area contributed by atoms with Gasteiger partial charge in [-0.15, -0.1) is 0 Å². The van der Waals surface area contributed by atoms with Crippen LogP contribution in [0.3, 0.4) is 0 Å². The zero-order chi connectivity index (χ0) is 24.1. The second-order valence-electron chi connectivity index (χ2n) is 9.41. The number of urea groups is 1. The Bertz CT molecular complexity index is 1380. The quantitative estimate of drug-likeness (QED) is 0.622. The molecule has 10 heteroatoms. The number of hydrogen-bond donors (Lipinski definition) is 1. The van der Waals surface area contributed by atoms with Crippen molar-refractivity contribution >= 4 is 34.9 Å². The van der Waals surface area contributed by atoms with Crippen molar-refractivity contribution in [3.05, 3.63) is 47.4 Å². The highest BCUT2D eigenvalue weighted by atomic mass is 16.2. The van der Waals surface area contributed by atoms with Crippen molar-refractivity contribution in [2.45, 2.75) is 32.0 Å². The summed E-state index contributed by atoms with van der Waals surface area (Å²) in [5.41, 5.74) is 12.3. The second kappa shape index (κ2) is 8.38. The lowest BCUT2D eigenvalue weighted by Crippen LogP contribution is -2.54. The van der Waals surface area contributed by atoms with E-state index in [1.807, 2.05) is 47.6 Å². The summed E-state index contributed by atoms with van der Waals surface area (Å²) in [6, 6.07) is 5.92. The van der Waals surface area contributed by atoms with E-state index in [0.717, 1.165) is 57.6 Å². The molecule has 0 bridgehead atoms. The molecule has 3 amide bonds. The minimum atomic E-state index is -0.330. The van der Waals surface area contributed by atoms with Crippen LogP contribution in [0.5, 0.6) is 0 Å². The van der Waals surface area contributed by atoms with Crippen molar-refractivity contribution in [1.29, 1.82) is 0 Å². The molecule has 3 aromatic heterocycles. The van der Waals surface area contributed by atoms with E-state index in [1.54, 1.807) is 4.90 Å². The molecular formula is C25H26N8O2. The normalized spacial score (nSPS) is 18.3. The number of piperidine rings is 1. The number of aromatic nitrogens is 3. The molecule has 3 aliphatic rings. The predicted molar refractivity (Wildman–Crippen MR) is 132 cm³/mol. The topological polar surface area (TPSA) is 121 Å². The number of nitrogens with two attached hydrogens (primary N) is 1. The van der Waals surface area contributed by atoms with Crippen LogP contribution < -0.4 is 10.6 Å². The summed E-state index contributed by atoms with van der Waals surface area (Å²) in [7, 11) is 1.81. The van der Waals surface area contributed by atoms with Gasteiger partial charge in [0.15, 0.2) is 0 Å². The van der Waals surface area contributed by atoms with Crippen LogP contribution in [0.1, 0.15) is 29.7 Å². The molecule has 0 aliphatic carbocycles. The van der Waals surface area contributed by atoms with Crippen molar-refractivity contribution < 1.29 is 9.59 Å². The summed E-state index contributed by atoms with van der Waals surface area (Å²) in [5.74, 6) is -0.330. The first-order valence-electron chi connectivity index (χ1n) is 11.8. The Hall–Kier alpha value is -3.92. The van der Waals surface area contributed by atoms with Crippen molar-refractivity contribution in [3.63, 3.8) is 0 Å². The van der Waals surface area contributed by atoms with Crippen molar-refractivity contribution in [2.75, 3.05) is 31.6 Å². The van der Waals surface area contributed by atoms with Crippen LogP contribution in [0.4, 0.5) is 10.5 Å². The number of aliphatic imine (C=N–C) groups is 1. The standard InChI is InChI=1S/C25H26N8O2/c1-31-13-17-11-28-20-3-2-19(16-8-15-9-27-12-21(15)29-10-16)30-23(20)24(17)33(25(31)35)18-4-6-32(7-5-18)14-22(26)34/h2-3,8-11,18H,4-7,12-14H2,1H3,(H2,26,34). The van der Waals surface area contributed by atoms with E-state index >= 15 is 0 Å². The van der Waals surface area contributed by atoms with E-state index in [1.165, 1.54) is 0 Å². The van der Waals surface area contributed by atoms with E-state index in [4.69, 9.17) is 10.7 Å². The van der Waals surface area contributed by atoms with Crippen molar-refractivity contribution in [3.8, 4) is 11.3 Å². The number of likely N-dealkylation sites (tertiary alicyclic amines) is 1. The molecule has 0 unspecified atom stereocenters. The van der Waals surface area contributed by atoms with Gasteiger partial charge in [0.2, 0.25) is 5.91 Å². The lowest BCUT2D eigenvalue weighted by molar-refractivity contribution is -0.119. The predicted octanol–water partition coefficient (Wildman–Crippen LogP) is 1.95. The first-order chi connectivity index (χ1) is 17.0. The molecule has 0 radical (unpaired) electrons. The molecule has 10 nitrogen and oxygen atoms in total. The third kappa shape index (κ3) is 3.79. The molecule has 3 aromatic rings. The fourth-order valence-corrected chi connectivity index (χ4v) is 5.26. The molecule has 178 valence electrons. The average molecular weight is 471 g/mol.